The van der Waals surface area contributed by atoms with E-state index in [-0.39, 0.29) is 11.8 Å². The lowest BCUT2D eigenvalue weighted by molar-refractivity contribution is -0.117. The number of carbonyl (C=O) groups is 1. The Bertz CT molecular complexity index is 478. The number of terminal acetylenes is 1. The van der Waals surface area contributed by atoms with Crippen LogP contribution >= 0.6 is 15.9 Å². The van der Waals surface area contributed by atoms with Crippen molar-refractivity contribution in [1.29, 1.82) is 0 Å². The molecule has 0 aromatic heterocycles. The Morgan fingerprint density at radius 2 is 2.31 bits per heavy atom. The molecule has 0 saturated carbocycles. The molecule has 1 aromatic rings. The predicted molar refractivity (Wildman–Crippen MR) is 67.8 cm³/mol. The highest BCUT2D eigenvalue weighted by atomic mass is 79.9. The van der Waals surface area contributed by atoms with Crippen LogP contribution in [0.15, 0.2) is 22.7 Å². The highest BCUT2D eigenvalue weighted by Crippen LogP contribution is 2.31. The van der Waals surface area contributed by atoms with Gasteiger partial charge in [-0.25, -0.2) is 0 Å². The van der Waals surface area contributed by atoms with Crippen molar-refractivity contribution in [3.05, 3.63) is 22.7 Å². The van der Waals surface area contributed by atoms with Crippen LogP contribution in [0.2, 0.25) is 0 Å². The molecule has 2 N–H and O–H groups in total. The maximum atomic E-state index is 11.8. The molecule has 16 heavy (non-hydrogen) atoms. The first-order chi connectivity index (χ1) is 7.61. The van der Waals surface area contributed by atoms with E-state index in [2.05, 4.69) is 21.9 Å². The van der Waals surface area contributed by atoms with E-state index in [0.717, 1.165) is 10.2 Å². The molecular formula is C12H11BrN2O. The van der Waals surface area contributed by atoms with Gasteiger partial charge in [-0.05, 0) is 18.2 Å². The monoisotopic (exact) mass is 278 g/mol. The van der Waals surface area contributed by atoms with Gasteiger partial charge in [0.15, 0.2) is 0 Å². The smallest absolute Gasteiger partial charge is 0.228 e. The molecule has 1 amide bonds. The van der Waals surface area contributed by atoms with E-state index in [0.29, 0.717) is 18.7 Å². The molecule has 0 aliphatic carbocycles. The van der Waals surface area contributed by atoms with Crippen LogP contribution in [0.25, 0.3) is 0 Å². The van der Waals surface area contributed by atoms with Crippen LogP contribution in [0.5, 0.6) is 0 Å². The van der Waals surface area contributed by atoms with Crippen LogP contribution in [0, 0.1) is 18.3 Å². The third-order valence-electron chi connectivity index (χ3n) is 2.64. The number of amides is 1. The van der Waals surface area contributed by atoms with Crippen LogP contribution in [0.3, 0.4) is 0 Å². The summed E-state index contributed by atoms with van der Waals surface area (Å²) in [5.74, 6) is 2.64. The summed E-state index contributed by atoms with van der Waals surface area (Å²) >= 11 is 3.36. The third-order valence-corrected chi connectivity index (χ3v) is 3.14. The standard InChI is InChI=1S/C12H11BrN2O/c1-2-8-5-12(16)15(7-8)11-6-9(13)3-4-10(11)14/h1,3-4,6,8H,5,7,14H2. The molecule has 0 spiro atoms. The van der Waals surface area contributed by atoms with Gasteiger partial charge in [0.2, 0.25) is 5.91 Å². The fourth-order valence-corrected chi connectivity index (χ4v) is 2.15. The van der Waals surface area contributed by atoms with Crippen molar-refractivity contribution in [2.24, 2.45) is 5.92 Å². The average Bonchev–Trinajstić information content (AvgIpc) is 2.63. The fourth-order valence-electron chi connectivity index (χ4n) is 1.80. The number of benzene rings is 1. The van der Waals surface area contributed by atoms with Crippen LogP contribution < -0.4 is 10.6 Å². The molecule has 1 aromatic carbocycles. The summed E-state index contributed by atoms with van der Waals surface area (Å²) in [7, 11) is 0. The first-order valence-electron chi connectivity index (χ1n) is 4.93. The van der Waals surface area contributed by atoms with Gasteiger partial charge in [-0.1, -0.05) is 15.9 Å². The Morgan fingerprint density at radius 3 is 2.94 bits per heavy atom. The number of rotatable bonds is 1. The van der Waals surface area contributed by atoms with Crippen molar-refractivity contribution in [3.63, 3.8) is 0 Å². The quantitative estimate of drug-likeness (QED) is 0.631. The molecule has 1 saturated heterocycles. The Balaban J connectivity index is 2.35. The largest absolute Gasteiger partial charge is 0.397 e. The number of hydrogen-bond acceptors (Lipinski definition) is 2. The van der Waals surface area contributed by atoms with Gasteiger partial charge in [0.05, 0.1) is 11.4 Å². The lowest BCUT2D eigenvalue weighted by Gasteiger charge is -2.18. The van der Waals surface area contributed by atoms with E-state index in [1.807, 2.05) is 12.1 Å². The Morgan fingerprint density at radius 1 is 1.56 bits per heavy atom. The molecule has 1 unspecified atom stereocenters. The highest BCUT2D eigenvalue weighted by Gasteiger charge is 2.30. The van der Waals surface area contributed by atoms with Crippen molar-refractivity contribution in [2.75, 3.05) is 17.2 Å². The van der Waals surface area contributed by atoms with E-state index >= 15 is 0 Å². The second-order valence-corrected chi connectivity index (χ2v) is 4.69. The number of carbonyl (C=O) groups excluding carboxylic acids is 1. The van der Waals surface area contributed by atoms with Crippen molar-refractivity contribution in [2.45, 2.75) is 6.42 Å². The van der Waals surface area contributed by atoms with Crippen molar-refractivity contribution in [1.82, 2.24) is 0 Å². The molecule has 1 aliphatic heterocycles. The number of hydrogen-bond donors (Lipinski definition) is 1. The lowest BCUT2D eigenvalue weighted by Crippen LogP contribution is -2.25. The maximum absolute atomic E-state index is 11.8. The Kier molecular flexibility index (Phi) is 2.88. The minimum absolute atomic E-state index is 0.00844. The molecule has 1 aliphatic rings. The van der Waals surface area contributed by atoms with Gasteiger partial charge >= 0.3 is 0 Å². The van der Waals surface area contributed by atoms with Crippen LogP contribution in [0.4, 0.5) is 11.4 Å². The van der Waals surface area contributed by atoms with E-state index in [4.69, 9.17) is 12.2 Å². The molecule has 0 bridgehead atoms. The summed E-state index contributed by atoms with van der Waals surface area (Å²) in [5, 5.41) is 0. The number of nitrogens with zero attached hydrogens (tertiary/aromatic N) is 1. The van der Waals surface area contributed by atoms with Crippen molar-refractivity contribution < 1.29 is 4.79 Å². The number of nitrogen functional groups attached to an aromatic ring is 1. The second-order valence-electron chi connectivity index (χ2n) is 3.78. The van der Waals surface area contributed by atoms with Gasteiger partial charge in [-0.3, -0.25) is 4.79 Å². The fraction of sp³-hybridized carbons (Fsp3) is 0.250. The summed E-state index contributed by atoms with van der Waals surface area (Å²) in [6.07, 6.45) is 5.74. The highest BCUT2D eigenvalue weighted by molar-refractivity contribution is 9.10. The minimum atomic E-state index is -0.00844. The Hall–Kier alpha value is -1.47. The molecule has 82 valence electrons. The molecule has 1 fully saturated rings. The SMILES string of the molecule is C#CC1CC(=O)N(c2cc(Br)ccc2N)C1. The second kappa shape index (κ2) is 4.18. The van der Waals surface area contributed by atoms with Gasteiger partial charge < -0.3 is 10.6 Å². The predicted octanol–water partition coefficient (Wildman–Crippen LogP) is 2.02. The Labute approximate surface area is 103 Å². The molecule has 1 atom stereocenters. The van der Waals surface area contributed by atoms with Gasteiger partial charge in [0, 0.05) is 23.4 Å². The zero-order valence-corrected chi connectivity index (χ0v) is 10.2. The number of nitrogens with two attached hydrogens (primary N) is 1. The van der Waals surface area contributed by atoms with E-state index in [1.165, 1.54) is 0 Å². The summed E-state index contributed by atoms with van der Waals surface area (Å²) in [6.45, 7) is 0.552. The summed E-state index contributed by atoms with van der Waals surface area (Å²) < 4.78 is 0.897. The first kappa shape index (κ1) is 11.0. The lowest BCUT2D eigenvalue weighted by atomic mass is 10.1. The van der Waals surface area contributed by atoms with Crippen LogP contribution in [0.1, 0.15) is 6.42 Å². The molecular weight excluding hydrogens is 268 g/mol. The van der Waals surface area contributed by atoms with Gasteiger partial charge in [0.1, 0.15) is 0 Å². The third kappa shape index (κ3) is 1.91. The van der Waals surface area contributed by atoms with Gasteiger partial charge in [0.25, 0.3) is 0 Å². The van der Waals surface area contributed by atoms with E-state index < -0.39 is 0 Å². The van der Waals surface area contributed by atoms with Crippen LogP contribution in [-0.4, -0.2) is 12.5 Å². The zero-order chi connectivity index (χ0) is 11.7. The van der Waals surface area contributed by atoms with Crippen molar-refractivity contribution >= 4 is 33.2 Å². The van der Waals surface area contributed by atoms with E-state index in [9.17, 15) is 4.79 Å². The number of halogens is 1. The van der Waals surface area contributed by atoms with Gasteiger partial charge in [-0.2, -0.15) is 0 Å². The first-order valence-corrected chi connectivity index (χ1v) is 5.72. The molecule has 3 nitrogen and oxygen atoms in total. The van der Waals surface area contributed by atoms with E-state index in [1.54, 1.807) is 11.0 Å². The summed E-state index contributed by atoms with van der Waals surface area (Å²) in [6, 6.07) is 5.46. The number of anilines is 2. The van der Waals surface area contributed by atoms with Crippen LogP contribution in [-0.2, 0) is 4.79 Å². The normalized spacial score (nSPS) is 19.9. The van der Waals surface area contributed by atoms with Crippen molar-refractivity contribution in [3.8, 4) is 12.3 Å². The molecule has 4 heteroatoms. The molecule has 0 radical (unpaired) electrons. The molecule has 1 heterocycles. The van der Waals surface area contributed by atoms with Gasteiger partial charge in [-0.15, -0.1) is 12.3 Å². The minimum Gasteiger partial charge on any atom is -0.397 e. The average molecular weight is 279 g/mol. The molecule has 2 rings (SSSR count). The zero-order valence-electron chi connectivity index (χ0n) is 8.61. The topological polar surface area (TPSA) is 46.3 Å². The summed E-state index contributed by atoms with van der Waals surface area (Å²) in [5.41, 5.74) is 7.18. The maximum Gasteiger partial charge on any atom is 0.228 e. The summed E-state index contributed by atoms with van der Waals surface area (Å²) in [4.78, 5) is 13.4.